The third kappa shape index (κ3) is 3.56. The molecule has 1 fully saturated rings. The van der Waals surface area contributed by atoms with Crippen LogP contribution < -0.4 is 15.4 Å². The van der Waals surface area contributed by atoms with Crippen LogP contribution in [0.25, 0.3) is 0 Å². The van der Waals surface area contributed by atoms with Gasteiger partial charge in [0.05, 0.1) is 7.11 Å². The van der Waals surface area contributed by atoms with Gasteiger partial charge in [-0.1, -0.05) is 30.3 Å². The number of aryl methyl sites for hydroxylation is 1. The highest BCUT2D eigenvalue weighted by atomic mass is 16.5. The summed E-state index contributed by atoms with van der Waals surface area (Å²) in [5.41, 5.74) is 2.71. The number of carbonyl (C=O) groups is 2. The second kappa shape index (κ2) is 6.74. The third-order valence-corrected chi connectivity index (χ3v) is 4.25. The van der Waals surface area contributed by atoms with Crippen LogP contribution in [0.1, 0.15) is 23.5 Å². The number of carbonyl (C=O) groups excluding carboxylic acids is 2. The standard InChI is InChI=1S/C19H20N2O3/c1-12-5-3-4-6-16(12)20-18(22)19(23)21-17-11-15(17)13-7-9-14(24-2)10-8-13/h3-10,15,17H,11H2,1-2H3,(H,20,22)(H,21,23)/t15-,17-/m0/s1. The fourth-order valence-electron chi connectivity index (χ4n) is 2.70. The monoisotopic (exact) mass is 324 g/mol. The molecule has 0 aromatic heterocycles. The molecule has 0 heterocycles. The summed E-state index contributed by atoms with van der Waals surface area (Å²) in [6.07, 6.45) is 0.843. The van der Waals surface area contributed by atoms with Gasteiger partial charge < -0.3 is 15.4 Å². The molecule has 2 amide bonds. The number of para-hydroxylation sites is 1. The van der Waals surface area contributed by atoms with Crippen LogP contribution in [0.2, 0.25) is 0 Å². The molecule has 5 nitrogen and oxygen atoms in total. The van der Waals surface area contributed by atoms with Gasteiger partial charge in [-0.2, -0.15) is 0 Å². The predicted molar refractivity (Wildman–Crippen MR) is 92.1 cm³/mol. The summed E-state index contributed by atoms with van der Waals surface area (Å²) in [4.78, 5) is 24.1. The second-order valence-corrected chi connectivity index (χ2v) is 5.96. The molecule has 24 heavy (non-hydrogen) atoms. The maximum absolute atomic E-state index is 12.0. The Hall–Kier alpha value is -2.82. The highest BCUT2D eigenvalue weighted by molar-refractivity contribution is 6.39. The minimum absolute atomic E-state index is 0.00788. The molecule has 2 atom stereocenters. The summed E-state index contributed by atoms with van der Waals surface area (Å²) in [5.74, 6) is -0.173. The van der Waals surface area contributed by atoms with Crippen molar-refractivity contribution in [1.29, 1.82) is 0 Å². The van der Waals surface area contributed by atoms with Crippen molar-refractivity contribution < 1.29 is 14.3 Å². The zero-order chi connectivity index (χ0) is 17.1. The largest absolute Gasteiger partial charge is 0.497 e. The van der Waals surface area contributed by atoms with E-state index in [2.05, 4.69) is 10.6 Å². The number of methoxy groups -OCH3 is 1. The topological polar surface area (TPSA) is 67.4 Å². The maximum atomic E-state index is 12.0. The molecule has 5 heteroatoms. The maximum Gasteiger partial charge on any atom is 0.313 e. The number of nitrogens with one attached hydrogen (secondary N) is 2. The lowest BCUT2D eigenvalue weighted by atomic mass is 10.1. The summed E-state index contributed by atoms with van der Waals surface area (Å²) in [7, 11) is 1.63. The third-order valence-electron chi connectivity index (χ3n) is 4.25. The lowest BCUT2D eigenvalue weighted by Crippen LogP contribution is -2.37. The van der Waals surface area contributed by atoms with E-state index in [9.17, 15) is 9.59 Å². The Kier molecular flexibility index (Phi) is 4.51. The van der Waals surface area contributed by atoms with Crippen LogP contribution in [0.3, 0.4) is 0 Å². The van der Waals surface area contributed by atoms with Crippen molar-refractivity contribution in [2.24, 2.45) is 0 Å². The van der Waals surface area contributed by atoms with E-state index in [1.165, 1.54) is 0 Å². The Morgan fingerprint density at radius 1 is 1.04 bits per heavy atom. The number of amides is 2. The molecule has 0 aliphatic heterocycles. The lowest BCUT2D eigenvalue weighted by Gasteiger charge is -2.08. The van der Waals surface area contributed by atoms with E-state index in [1.54, 1.807) is 13.2 Å². The Morgan fingerprint density at radius 3 is 2.42 bits per heavy atom. The highest BCUT2D eigenvalue weighted by Crippen LogP contribution is 2.41. The summed E-state index contributed by atoms with van der Waals surface area (Å²) in [6, 6.07) is 15.1. The fraction of sp³-hybridized carbons (Fsp3) is 0.263. The van der Waals surface area contributed by atoms with E-state index in [0.717, 1.165) is 23.3 Å². The van der Waals surface area contributed by atoms with Crippen LogP contribution in [-0.4, -0.2) is 25.0 Å². The average Bonchev–Trinajstić information content (AvgIpc) is 3.36. The van der Waals surface area contributed by atoms with Crippen molar-refractivity contribution in [1.82, 2.24) is 5.32 Å². The van der Waals surface area contributed by atoms with Gasteiger partial charge in [-0.25, -0.2) is 0 Å². The number of hydrogen-bond acceptors (Lipinski definition) is 3. The molecule has 0 radical (unpaired) electrons. The van der Waals surface area contributed by atoms with Crippen LogP contribution in [0.5, 0.6) is 5.75 Å². The SMILES string of the molecule is COc1ccc([C@@H]2C[C@@H]2NC(=O)C(=O)Nc2ccccc2C)cc1. The van der Waals surface area contributed by atoms with Gasteiger partial charge in [-0.05, 0) is 42.7 Å². The molecular formula is C19H20N2O3. The Bertz CT molecular complexity index is 755. The van der Waals surface area contributed by atoms with Gasteiger partial charge in [0.25, 0.3) is 0 Å². The quantitative estimate of drug-likeness (QED) is 0.850. The van der Waals surface area contributed by atoms with Crippen molar-refractivity contribution in [2.45, 2.75) is 25.3 Å². The molecule has 0 saturated heterocycles. The van der Waals surface area contributed by atoms with Crippen molar-refractivity contribution in [3.63, 3.8) is 0 Å². The van der Waals surface area contributed by atoms with Crippen LogP contribution in [0.4, 0.5) is 5.69 Å². The summed E-state index contributed by atoms with van der Waals surface area (Å²) in [6.45, 7) is 1.88. The zero-order valence-electron chi connectivity index (χ0n) is 13.7. The van der Waals surface area contributed by atoms with Crippen LogP contribution in [0, 0.1) is 6.92 Å². The Balaban J connectivity index is 1.54. The first-order valence-corrected chi connectivity index (χ1v) is 7.90. The first-order valence-electron chi connectivity index (χ1n) is 7.90. The number of anilines is 1. The van der Waals surface area contributed by atoms with E-state index in [0.29, 0.717) is 5.69 Å². The molecule has 0 spiro atoms. The van der Waals surface area contributed by atoms with E-state index < -0.39 is 11.8 Å². The first kappa shape index (κ1) is 16.1. The lowest BCUT2D eigenvalue weighted by molar-refractivity contribution is -0.136. The average molecular weight is 324 g/mol. The molecule has 2 aromatic carbocycles. The van der Waals surface area contributed by atoms with Crippen LogP contribution in [-0.2, 0) is 9.59 Å². The van der Waals surface area contributed by atoms with E-state index >= 15 is 0 Å². The van der Waals surface area contributed by atoms with Crippen LogP contribution in [0.15, 0.2) is 48.5 Å². The van der Waals surface area contributed by atoms with Gasteiger partial charge >= 0.3 is 11.8 Å². The summed E-state index contributed by atoms with van der Waals surface area (Å²) >= 11 is 0. The van der Waals surface area contributed by atoms with Gasteiger partial charge in [0.2, 0.25) is 0 Å². The molecule has 1 aliphatic carbocycles. The van der Waals surface area contributed by atoms with Crippen LogP contribution >= 0.6 is 0 Å². The molecule has 1 saturated carbocycles. The van der Waals surface area contributed by atoms with Gasteiger partial charge in [-0.3, -0.25) is 9.59 Å². The molecule has 3 rings (SSSR count). The molecule has 1 aliphatic rings. The summed E-state index contributed by atoms with van der Waals surface area (Å²) < 4.78 is 5.14. The first-order chi connectivity index (χ1) is 11.6. The number of ether oxygens (including phenoxy) is 1. The smallest absolute Gasteiger partial charge is 0.313 e. The highest BCUT2D eigenvalue weighted by Gasteiger charge is 2.40. The zero-order valence-corrected chi connectivity index (χ0v) is 13.7. The summed E-state index contributed by atoms with van der Waals surface area (Å²) in [5, 5.41) is 5.43. The Labute approximate surface area is 141 Å². The van der Waals surface area contributed by atoms with Crippen molar-refractivity contribution in [2.75, 3.05) is 12.4 Å². The van der Waals surface area contributed by atoms with Crippen molar-refractivity contribution >= 4 is 17.5 Å². The van der Waals surface area contributed by atoms with E-state index in [-0.39, 0.29) is 12.0 Å². The minimum atomic E-state index is -0.635. The van der Waals surface area contributed by atoms with E-state index in [1.807, 2.05) is 49.4 Å². The Morgan fingerprint density at radius 2 is 1.75 bits per heavy atom. The molecule has 0 bridgehead atoms. The van der Waals surface area contributed by atoms with Gasteiger partial charge in [-0.15, -0.1) is 0 Å². The fourth-order valence-corrected chi connectivity index (χ4v) is 2.70. The van der Waals surface area contributed by atoms with Crippen molar-refractivity contribution in [3.8, 4) is 5.75 Å². The normalized spacial score (nSPS) is 18.6. The van der Waals surface area contributed by atoms with E-state index in [4.69, 9.17) is 4.74 Å². The number of benzene rings is 2. The number of hydrogen-bond donors (Lipinski definition) is 2. The predicted octanol–water partition coefficient (Wildman–Crippen LogP) is 2.61. The van der Waals surface area contributed by atoms with Gasteiger partial charge in [0, 0.05) is 17.6 Å². The van der Waals surface area contributed by atoms with Gasteiger partial charge in [0.1, 0.15) is 5.75 Å². The molecule has 2 N–H and O–H groups in total. The molecule has 124 valence electrons. The molecule has 2 aromatic rings. The van der Waals surface area contributed by atoms with Crippen molar-refractivity contribution in [3.05, 3.63) is 59.7 Å². The molecule has 0 unspecified atom stereocenters. The second-order valence-electron chi connectivity index (χ2n) is 5.96. The van der Waals surface area contributed by atoms with Gasteiger partial charge in [0.15, 0.2) is 0 Å². The minimum Gasteiger partial charge on any atom is -0.497 e. The molecular weight excluding hydrogens is 304 g/mol. The number of rotatable bonds is 4.